The number of nitrogens with zero attached hydrogens (tertiary/aromatic N) is 1. The molecule has 0 spiro atoms. The molecule has 1 saturated heterocycles. The third-order valence-corrected chi connectivity index (χ3v) is 3.58. The van der Waals surface area contributed by atoms with E-state index < -0.39 is 0 Å². The molecule has 108 valence electrons. The molecule has 1 aromatic rings. The number of aliphatic hydroxyl groups excluding tert-OH is 1. The standard InChI is InChI=1S/C17H23NO2/c1-15-4-2-10-18(14-15)11-13-20-17-8-6-16(7-9-17)5-3-12-19/h6-9,15,19H,2,4,10-14H2,1H3. The first-order chi connectivity index (χ1) is 9.78. The van der Waals surface area contributed by atoms with E-state index in [1.807, 2.05) is 24.3 Å². The summed E-state index contributed by atoms with van der Waals surface area (Å²) >= 11 is 0. The number of piperidine rings is 1. The quantitative estimate of drug-likeness (QED) is 0.853. The van der Waals surface area contributed by atoms with Crippen LogP contribution in [0.3, 0.4) is 0 Å². The Morgan fingerprint density at radius 2 is 2.15 bits per heavy atom. The molecule has 3 nitrogen and oxygen atoms in total. The molecule has 1 heterocycles. The Bertz CT molecular complexity index is 458. The fourth-order valence-electron chi connectivity index (χ4n) is 2.56. The molecule has 0 bridgehead atoms. The van der Waals surface area contributed by atoms with Crippen molar-refractivity contribution >= 4 is 0 Å². The summed E-state index contributed by atoms with van der Waals surface area (Å²) in [6.07, 6.45) is 2.66. The summed E-state index contributed by atoms with van der Waals surface area (Å²) in [6.45, 7) is 6.33. The summed E-state index contributed by atoms with van der Waals surface area (Å²) in [5.74, 6) is 7.20. The van der Waals surface area contributed by atoms with E-state index in [4.69, 9.17) is 9.84 Å². The van der Waals surface area contributed by atoms with E-state index in [1.165, 1.54) is 25.9 Å². The minimum atomic E-state index is -0.105. The molecular formula is C17H23NO2. The van der Waals surface area contributed by atoms with Crippen LogP contribution in [0.4, 0.5) is 0 Å². The lowest BCUT2D eigenvalue weighted by Gasteiger charge is -2.30. The molecule has 1 N–H and O–H groups in total. The average Bonchev–Trinajstić information content (AvgIpc) is 2.46. The number of rotatable bonds is 4. The predicted molar refractivity (Wildman–Crippen MR) is 80.7 cm³/mol. The zero-order valence-electron chi connectivity index (χ0n) is 12.1. The van der Waals surface area contributed by atoms with Gasteiger partial charge in [0.2, 0.25) is 0 Å². The molecule has 3 heteroatoms. The van der Waals surface area contributed by atoms with Crippen LogP contribution >= 0.6 is 0 Å². The summed E-state index contributed by atoms with van der Waals surface area (Å²) < 4.78 is 5.76. The Morgan fingerprint density at radius 1 is 1.35 bits per heavy atom. The summed E-state index contributed by atoms with van der Waals surface area (Å²) in [5.41, 5.74) is 0.899. The number of benzene rings is 1. The smallest absolute Gasteiger partial charge is 0.119 e. The van der Waals surface area contributed by atoms with Crippen molar-refractivity contribution in [2.75, 3.05) is 32.8 Å². The lowest BCUT2D eigenvalue weighted by molar-refractivity contribution is 0.153. The van der Waals surface area contributed by atoms with Gasteiger partial charge in [0.1, 0.15) is 19.0 Å². The van der Waals surface area contributed by atoms with Gasteiger partial charge >= 0.3 is 0 Å². The van der Waals surface area contributed by atoms with Crippen molar-refractivity contribution in [1.82, 2.24) is 4.90 Å². The van der Waals surface area contributed by atoms with Gasteiger partial charge in [-0.15, -0.1) is 0 Å². The van der Waals surface area contributed by atoms with E-state index in [9.17, 15) is 0 Å². The SMILES string of the molecule is CC1CCCN(CCOc2ccc(C#CCO)cc2)C1. The van der Waals surface area contributed by atoms with Gasteiger partial charge in [-0.25, -0.2) is 0 Å². The molecule has 1 aliphatic rings. The van der Waals surface area contributed by atoms with Gasteiger partial charge in [0.25, 0.3) is 0 Å². The zero-order chi connectivity index (χ0) is 14.2. The minimum Gasteiger partial charge on any atom is -0.492 e. The Balaban J connectivity index is 1.73. The number of likely N-dealkylation sites (tertiary alicyclic amines) is 1. The van der Waals surface area contributed by atoms with Gasteiger partial charge in [-0.05, 0) is 49.6 Å². The first-order valence-electron chi connectivity index (χ1n) is 7.33. The second-order valence-electron chi connectivity index (χ2n) is 5.38. The fraction of sp³-hybridized carbons (Fsp3) is 0.529. The number of hydrogen-bond donors (Lipinski definition) is 1. The van der Waals surface area contributed by atoms with Crippen molar-refractivity contribution < 1.29 is 9.84 Å². The molecule has 0 saturated carbocycles. The molecule has 1 aromatic carbocycles. The summed E-state index contributed by atoms with van der Waals surface area (Å²) in [5, 5.41) is 8.64. The van der Waals surface area contributed by atoms with Crippen molar-refractivity contribution in [1.29, 1.82) is 0 Å². The predicted octanol–water partition coefficient (Wildman–Crippen LogP) is 2.14. The van der Waals surface area contributed by atoms with E-state index in [2.05, 4.69) is 23.7 Å². The fourth-order valence-corrected chi connectivity index (χ4v) is 2.56. The van der Waals surface area contributed by atoms with Crippen LogP contribution in [0.15, 0.2) is 24.3 Å². The molecule has 0 aliphatic carbocycles. The van der Waals surface area contributed by atoms with E-state index in [1.54, 1.807) is 0 Å². The molecule has 1 aliphatic heterocycles. The van der Waals surface area contributed by atoms with Crippen LogP contribution in [0.1, 0.15) is 25.3 Å². The third kappa shape index (κ3) is 4.88. The molecule has 1 unspecified atom stereocenters. The number of ether oxygens (including phenoxy) is 1. The Morgan fingerprint density at radius 3 is 2.85 bits per heavy atom. The van der Waals surface area contributed by atoms with Gasteiger partial charge in [0.05, 0.1) is 0 Å². The molecule has 1 atom stereocenters. The van der Waals surface area contributed by atoms with E-state index in [0.717, 1.165) is 30.4 Å². The highest BCUT2D eigenvalue weighted by Gasteiger charge is 2.15. The van der Waals surface area contributed by atoms with Crippen LogP contribution in [0, 0.1) is 17.8 Å². The van der Waals surface area contributed by atoms with Gasteiger partial charge in [-0.1, -0.05) is 18.8 Å². The Kier molecular flexibility index (Phi) is 5.91. The highest BCUT2D eigenvalue weighted by atomic mass is 16.5. The largest absolute Gasteiger partial charge is 0.492 e. The summed E-state index contributed by atoms with van der Waals surface area (Å²) in [6, 6.07) is 7.70. The summed E-state index contributed by atoms with van der Waals surface area (Å²) in [7, 11) is 0. The first kappa shape index (κ1) is 14.9. The van der Waals surface area contributed by atoms with E-state index >= 15 is 0 Å². The lowest BCUT2D eigenvalue weighted by atomic mass is 10.0. The van der Waals surface area contributed by atoms with Crippen molar-refractivity contribution in [3.63, 3.8) is 0 Å². The number of aliphatic hydroxyl groups is 1. The topological polar surface area (TPSA) is 32.7 Å². The van der Waals surface area contributed by atoms with Crippen LogP contribution in [-0.2, 0) is 0 Å². The maximum absolute atomic E-state index is 8.64. The van der Waals surface area contributed by atoms with Gasteiger partial charge in [0, 0.05) is 18.7 Å². The maximum atomic E-state index is 8.64. The van der Waals surface area contributed by atoms with Gasteiger partial charge in [-0.3, -0.25) is 4.90 Å². The van der Waals surface area contributed by atoms with Gasteiger partial charge in [0.15, 0.2) is 0 Å². The van der Waals surface area contributed by atoms with E-state index in [0.29, 0.717) is 0 Å². The molecule has 0 aromatic heterocycles. The first-order valence-corrected chi connectivity index (χ1v) is 7.33. The Hall–Kier alpha value is -1.50. The third-order valence-electron chi connectivity index (χ3n) is 3.58. The Labute approximate surface area is 121 Å². The normalized spacial score (nSPS) is 19.2. The maximum Gasteiger partial charge on any atom is 0.119 e. The van der Waals surface area contributed by atoms with Gasteiger partial charge < -0.3 is 9.84 Å². The monoisotopic (exact) mass is 273 g/mol. The molecule has 20 heavy (non-hydrogen) atoms. The summed E-state index contributed by atoms with van der Waals surface area (Å²) in [4.78, 5) is 2.48. The second kappa shape index (κ2) is 7.94. The molecule has 2 rings (SSSR count). The molecule has 1 fully saturated rings. The van der Waals surface area contributed by atoms with Crippen molar-refractivity contribution in [3.05, 3.63) is 29.8 Å². The second-order valence-corrected chi connectivity index (χ2v) is 5.38. The van der Waals surface area contributed by atoms with Crippen molar-refractivity contribution in [2.24, 2.45) is 5.92 Å². The highest BCUT2D eigenvalue weighted by Crippen LogP contribution is 2.15. The lowest BCUT2D eigenvalue weighted by Crippen LogP contribution is -2.37. The molecular weight excluding hydrogens is 250 g/mol. The van der Waals surface area contributed by atoms with Crippen molar-refractivity contribution in [3.8, 4) is 17.6 Å². The van der Waals surface area contributed by atoms with Gasteiger partial charge in [-0.2, -0.15) is 0 Å². The van der Waals surface area contributed by atoms with Crippen LogP contribution in [-0.4, -0.2) is 42.9 Å². The van der Waals surface area contributed by atoms with Crippen LogP contribution in [0.5, 0.6) is 5.75 Å². The zero-order valence-corrected chi connectivity index (χ0v) is 12.1. The number of hydrogen-bond acceptors (Lipinski definition) is 3. The van der Waals surface area contributed by atoms with Crippen LogP contribution in [0.25, 0.3) is 0 Å². The molecule has 0 radical (unpaired) electrons. The molecule has 0 amide bonds. The van der Waals surface area contributed by atoms with E-state index in [-0.39, 0.29) is 6.61 Å². The highest BCUT2D eigenvalue weighted by molar-refractivity contribution is 5.38. The van der Waals surface area contributed by atoms with Crippen LogP contribution < -0.4 is 4.74 Å². The minimum absolute atomic E-state index is 0.105. The van der Waals surface area contributed by atoms with Crippen molar-refractivity contribution in [2.45, 2.75) is 19.8 Å². The average molecular weight is 273 g/mol. The van der Waals surface area contributed by atoms with Crippen LogP contribution in [0.2, 0.25) is 0 Å².